The quantitative estimate of drug-likeness (QED) is 0.798. The van der Waals surface area contributed by atoms with Gasteiger partial charge in [0.05, 0.1) is 0 Å². The molecule has 0 atom stereocenters. The van der Waals surface area contributed by atoms with E-state index in [9.17, 15) is 4.79 Å². The zero-order valence-electron chi connectivity index (χ0n) is 15.9. The molecular formula is C22H29N3O. The predicted octanol–water partition coefficient (Wildman–Crippen LogP) is 3.35. The van der Waals surface area contributed by atoms with Crippen molar-refractivity contribution in [3.63, 3.8) is 0 Å². The Balaban J connectivity index is 1.40. The topological polar surface area (TPSA) is 28.5 Å². The Morgan fingerprint density at radius 1 is 0.962 bits per heavy atom. The summed E-state index contributed by atoms with van der Waals surface area (Å²) in [5.74, 6) is 0.275. The van der Waals surface area contributed by atoms with Gasteiger partial charge in [0.2, 0.25) is 5.91 Å². The Hall–Kier alpha value is -2.33. The highest BCUT2D eigenvalue weighted by molar-refractivity contribution is 5.76. The van der Waals surface area contributed by atoms with Crippen molar-refractivity contribution in [2.45, 2.75) is 26.8 Å². The van der Waals surface area contributed by atoms with Crippen LogP contribution in [0.1, 0.15) is 23.4 Å². The number of aromatic nitrogens is 1. The van der Waals surface area contributed by atoms with Crippen LogP contribution in [0.4, 0.5) is 0 Å². The van der Waals surface area contributed by atoms with E-state index in [1.54, 1.807) is 0 Å². The molecular weight excluding hydrogens is 322 g/mol. The highest BCUT2D eigenvalue weighted by atomic mass is 16.2. The largest absolute Gasteiger partial charge is 0.349 e. The number of amides is 1. The number of hydrogen-bond donors (Lipinski definition) is 0. The first-order valence-corrected chi connectivity index (χ1v) is 9.48. The van der Waals surface area contributed by atoms with Crippen molar-refractivity contribution in [2.24, 2.45) is 0 Å². The fourth-order valence-electron chi connectivity index (χ4n) is 3.50. The monoisotopic (exact) mass is 351 g/mol. The summed E-state index contributed by atoms with van der Waals surface area (Å²) in [5.41, 5.74) is 3.69. The number of aryl methyl sites for hydroxylation is 2. The Morgan fingerprint density at radius 3 is 2.27 bits per heavy atom. The van der Waals surface area contributed by atoms with Crippen LogP contribution in [0.5, 0.6) is 0 Å². The molecule has 0 bridgehead atoms. The lowest BCUT2D eigenvalue weighted by atomic mass is 10.2. The molecule has 1 aliphatic heterocycles. The molecule has 1 fully saturated rings. The van der Waals surface area contributed by atoms with Crippen LogP contribution in [0.15, 0.2) is 48.5 Å². The maximum atomic E-state index is 12.5. The van der Waals surface area contributed by atoms with Gasteiger partial charge in [-0.15, -0.1) is 0 Å². The minimum absolute atomic E-state index is 0.275. The number of carbonyl (C=O) groups excluding carboxylic acids is 1. The van der Waals surface area contributed by atoms with Gasteiger partial charge in [0, 0.05) is 57.1 Å². The lowest BCUT2D eigenvalue weighted by molar-refractivity contribution is -0.133. The third-order valence-corrected chi connectivity index (χ3v) is 5.16. The van der Waals surface area contributed by atoms with Gasteiger partial charge in [-0.25, -0.2) is 0 Å². The lowest BCUT2D eigenvalue weighted by Gasteiger charge is -2.34. The zero-order chi connectivity index (χ0) is 18.4. The second-order valence-electron chi connectivity index (χ2n) is 7.01. The van der Waals surface area contributed by atoms with Crippen molar-refractivity contribution < 1.29 is 4.79 Å². The van der Waals surface area contributed by atoms with Gasteiger partial charge in [-0.1, -0.05) is 42.5 Å². The first-order chi connectivity index (χ1) is 12.6. The number of rotatable bonds is 6. The molecule has 4 nitrogen and oxygen atoms in total. The Morgan fingerprint density at radius 2 is 1.62 bits per heavy atom. The third kappa shape index (κ3) is 4.85. The summed E-state index contributed by atoms with van der Waals surface area (Å²) in [6.07, 6.45) is 4.97. The summed E-state index contributed by atoms with van der Waals surface area (Å²) in [6.45, 7) is 9.49. The number of carbonyl (C=O) groups is 1. The summed E-state index contributed by atoms with van der Waals surface area (Å²) in [6, 6.07) is 14.6. The van der Waals surface area contributed by atoms with Crippen LogP contribution in [-0.2, 0) is 11.3 Å². The van der Waals surface area contributed by atoms with Gasteiger partial charge in [-0.3, -0.25) is 9.69 Å². The van der Waals surface area contributed by atoms with E-state index in [2.05, 4.69) is 71.9 Å². The molecule has 0 saturated carbocycles. The third-order valence-electron chi connectivity index (χ3n) is 5.16. The van der Waals surface area contributed by atoms with Gasteiger partial charge in [-0.05, 0) is 31.5 Å². The smallest absolute Gasteiger partial charge is 0.224 e. The normalized spacial score (nSPS) is 15.7. The predicted molar refractivity (Wildman–Crippen MR) is 107 cm³/mol. The van der Waals surface area contributed by atoms with Crippen molar-refractivity contribution >= 4 is 12.0 Å². The van der Waals surface area contributed by atoms with E-state index >= 15 is 0 Å². The van der Waals surface area contributed by atoms with Crippen LogP contribution in [0.2, 0.25) is 0 Å². The average Bonchev–Trinajstić information content (AvgIpc) is 2.99. The molecule has 1 amide bonds. The number of piperazine rings is 1. The molecule has 2 aromatic rings. The summed E-state index contributed by atoms with van der Waals surface area (Å²) < 4.78 is 2.22. The summed E-state index contributed by atoms with van der Waals surface area (Å²) >= 11 is 0. The highest BCUT2D eigenvalue weighted by Crippen LogP contribution is 2.10. The molecule has 3 rings (SSSR count). The number of benzene rings is 1. The van der Waals surface area contributed by atoms with Gasteiger partial charge in [-0.2, -0.15) is 0 Å². The van der Waals surface area contributed by atoms with E-state index < -0.39 is 0 Å². The van der Waals surface area contributed by atoms with Crippen LogP contribution in [0, 0.1) is 13.8 Å². The first kappa shape index (κ1) is 18.5. The molecule has 138 valence electrons. The Labute approximate surface area is 156 Å². The van der Waals surface area contributed by atoms with E-state index in [1.165, 1.54) is 17.0 Å². The summed E-state index contributed by atoms with van der Waals surface area (Å²) in [7, 11) is 0. The Kier molecular flexibility index (Phi) is 6.29. The molecule has 1 aromatic heterocycles. The van der Waals surface area contributed by atoms with Crippen LogP contribution in [0.25, 0.3) is 6.08 Å². The molecule has 0 aliphatic carbocycles. The van der Waals surface area contributed by atoms with Crippen LogP contribution in [-0.4, -0.2) is 53.0 Å². The van der Waals surface area contributed by atoms with Gasteiger partial charge in [0.15, 0.2) is 0 Å². The standard InChI is InChI=1S/C22H29N3O/c1-19-10-11-20(2)25(19)14-12-22(26)24-17-15-23(16-18-24)13-6-9-21-7-4-3-5-8-21/h3-11H,12-18H2,1-2H3/b9-6+. The second kappa shape index (κ2) is 8.86. The molecule has 4 heteroatoms. The van der Waals surface area contributed by atoms with Gasteiger partial charge >= 0.3 is 0 Å². The van der Waals surface area contributed by atoms with Gasteiger partial charge in [0.1, 0.15) is 0 Å². The van der Waals surface area contributed by atoms with Crippen molar-refractivity contribution in [3.8, 4) is 0 Å². The van der Waals surface area contributed by atoms with Gasteiger partial charge in [0.25, 0.3) is 0 Å². The molecule has 0 radical (unpaired) electrons. The van der Waals surface area contributed by atoms with E-state index in [0.29, 0.717) is 6.42 Å². The van der Waals surface area contributed by atoms with Crippen LogP contribution >= 0.6 is 0 Å². The second-order valence-corrected chi connectivity index (χ2v) is 7.01. The number of nitrogens with zero attached hydrogens (tertiary/aromatic N) is 3. The molecule has 26 heavy (non-hydrogen) atoms. The van der Waals surface area contributed by atoms with Crippen molar-refractivity contribution in [1.29, 1.82) is 0 Å². The van der Waals surface area contributed by atoms with E-state index in [4.69, 9.17) is 0 Å². The fourth-order valence-corrected chi connectivity index (χ4v) is 3.50. The highest BCUT2D eigenvalue weighted by Gasteiger charge is 2.20. The maximum absolute atomic E-state index is 12.5. The molecule has 1 aliphatic rings. The Bertz CT molecular complexity index is 721. The van der Waals surface area contributed by atoms with E-state index in [0.717, 1.165) is 39.3 Å². The SMILES string of the molecule is Cc1ccc(C)n1CCC(=O)N1CCN(C/C=C/c2ccccc2)CC1. The minimum Gasteiger partial charge on any atom is -0.349 e. The first-order valence-electron chi connectivity index (χ1n) is 9.48. The molecule has 0 spiro atoms. The lowest BCUT2D eigenvalue weighted by Crippen LogP contribution is -2.48. The minimum atomic E-state index is 0.275. The van der Waals surface area contributed by atoms with Crippen molar-refractivity contribution in [2.75, 3.05) is 32.7 Å². The van der Waals surface area contributed by atoms with Crippen LogP contribution < -0.4 is 0 Å². The van der Waals surface area contributed by atoms with E-state index in [-0.39, 0.29) is 5.91 Å². The summed E-state index contributed by atoms with van der Waals surface area (Å²) in [5, 5.41) is 0. The van der Waals surface area contributed by atoms with E-state index in [1.807, 2.05) is 11.0 Å². The summed E-state index contributed by atoms with van der Waals surface area (Å²) in [4.78, 5) is 16.9. The molecule has 0 N–H and O–H groups in total. The average molecular weight is 351 g/mol. The van der Waals surface area contributed by atoms with Crippen LogP contribution in [0.3, 0.4) is 0 Å². The molecule has 1 saturated heterocycles. The van der Waals surface area contributed by atoms with Crippen molar-refractivity contribution in [1.82, 2.24) is 14.4 Å². The number of hydrogen-bond acceptors (Lipinski definition) is 2. The molecule has 0 unspecified atom stereocenters. The zero-order valence-corrected chi connectivity index (χ0v) is 15.9. The molecule has 2 heterocycles. The molecule has 1 aromatic carbocycles. The fraction of sp³-hybridized carbons (Fsp3) is 0.409. The van der Waals surface area contributed by atoms with Gasteiger partial charge < -0.3 is 9.47 Å². The maximum Gasteiger partial charge on any atom is 0.224 e. The van der Waals surface area contributed by atoms with Crippen molar-refractivity contribution in [3.05, 3.63) is 65.5 Å².